The van der Waals surface area contributed by atoms with E-state index in [4.69, 9.17) is 19.9 Å². The fraction of sp³-hybridized carbons (Fsp3) is 0.458. The zero-order valence-electron chi connectivity index (χ0n) is 20.0. The Morgan fingerprint density at radius 3 is 2.53 bits per heavy atom. The second kappa shape index (κ2) is 8.59. The minimum Gasteiger partial charge on any atom is -0.382 e. The Bertz CT molecular complexity index is 1310. The molecule has 0 spiro atoms. The molecule has 0 radical (unpaired) electrons. The number of rotatable bonds is 7. The number of anilines is 1. The predicted octanol–water partition coefficient (Wildman–Crippen LogP) is 1.10. The van der Waals surface area contributed by atoms with Crippen molar-refractivity contribution in [2.24, 2.45) is 0 Å². The van der Waals surface area contributed by atoms with E-state index < -0.39 is 12.0 Å². The average molecular weight is 494 g/mol. The fourth-order valence-corrected chi connectivity index (χ4v) is 5.15. The first kappa shape index (κ1) is 23.0. The van der Waals surface area contributed by atoms with Crippen molar-refractivity contribution in [1.29, 1.82) is 0 Å². The smallest absolute Gasteiger partial charge is 0.261 e. The summed E-state index contributed by atoms with van der Waals surface area (Å²) in [5.41, 5.74) is 7.95. The Morgan fingerprint density at radius 2 is 1.78 bits per heavy atom. The third-order valence-corrected chi connectivity index (χ3v) is 6.75. The Morgan fingerprint density at radius 1 is 1.06 bits per heavy atom. The molecule has 2 saturated heterocycles. The number of nitrogens with zero attached hydrogens (tertiary/aromatic N) is 5. The number of benzene rings is 1. The Kier molecular flexibility index (Phi) is 5.48. The van der Waals surface area contributed by atoms with Crippen molar-refractivity contribution < 1.29 is 23.8 Å². The van der Waals surface area contributed by atoms with E-state index in [2.05, 4.69) is 20.3 Å². The molecule has 4 atom stereocenters. The Balaban J connectivity index is 1.09. The summed E-state index contributed by atoms with van der Waals surface area (Å²) in [5.74, 6) is -0.938. The SMILES string of the molecule is CC1(C)OC2C(CNCCCN3C(=O)c4ccccc4C3=O)OC(n3cnc4c(N)ncnc43)C2O1. The quantitative estimate of drug-likeness (QED) is 0.362. The fourth-order valence-electron chi connectivity index (χ4n) is 5.15. The van der Waals surface area contributed by atoms with Gasteiger partial charge in [0.1, 0.15) is 30.2 Å². The summed E-state index contributed by atoms with van der Waals surface area (Å²) in [6.45, 7) is 5.19. The van der Waals surface area contributed by atoms with Crippen molar-refractivity contribution in [3.8, 4) is 0 Å². The lowest BCUT2D eigenvalue weighted by molar-refractivity contribution is -0.195. The van der Waals surface area contributed by atoms with E-state index in [1.807, 2.05) is 13.8 Å². The Labute approximate surface area is 206 Å². The van der Waals surface area contributed by atoms with Crippen molar-refractivity contribution in [3.63, 3.8) is 0 Å². The van der Waals surface area contributed by atoms with Crippen molar-refractivity contribution in [1.82, 2.24) is 29.7 Å². The maximum absolute atomic E-state index is 12.5. The van der Waals surface area contributed by atoms with Crippen LogP contribution < -0.4 is 11.1 Å². The van der Waals surface area contributed by atoms with E-state index in [9.17, 15) is 9.59 Å². The van der Waals surface area contributed by atoms with Gasteiger partial charge < -0.3 is 25.3 Å². The molecule has 12 heteroatoms. The highest BCUT2D eigenvalue weighted by Gasteiger charge is 2.56. The molecule has 0 bridgehead atoms. The van der Waals surface area contributed by atoms with Gasteiger partial charge in [-0.1, -0.05) is 12.1 Å². The maximum atomic E-state index is 12.5. The van der Waals surface area contributed by atoms with Crippen LogP contribution in [-0.2, 0) is 14.2 Å². The van der Waals surface area contributed by atoms with Crippen LogP contribution in [0.3, 0.4) is 0 Å². The van der Waals surface area contributed by atoms with E-state index in [0.717, 1.165) is 0 Å². The van der Waals surface area contributed by atoms with Crippen molar-refractivity contribution >= 4 is 28.8 Å². The number of nitrogens with two attached hydrogens (primary N) is 1. The highest BCUT2D eigenvalue weighted by atomic mass is 16.8. The molecule has 3 aliphatic heterocycles. The van der Waals surface area contributed by atoms with Gasteiger partial charge in [-0.2, -0.15) is 0 Å². The second-order valence-corrected chi connectivity index (χ2v) is 9.58. The number of nitrogens with one attached hydrogen (secondary N) is 1. The number of ether oxygens (including phenoxy) is 3. The summed E-state index contributed by atoms with van der Waals surface area (Å²) < 4.78 is 20.5. The van der Waals surface area contributed by atoms with Gasteiger partial charge in [0.25, 0.3) is 11.8 Å². The molecular weight excluding hydrogens is 466 g/mol. The van der Waals surface area contributed by atoms with Crippen LogP contribution in [0.5, 0.6) is 0 Å². The number of hydrogen-bond donors (Lipinski definition) is 2. The van der Waals surface area contributed by atoms with Gasteiger partial charge >= 0.3 is 0 Å². The largest absolute Gasteiger partial charge is 0.382 e. The summed E-state index contributed by atoms with van der Waals surface area (Å²) in [7, 11) is 0. The number of carbonyl (C=O) groups excluding carboxylic acids is 2. The molecule has 6 rings (SSSR count). The Hall–Kier alpha value is -3.45. The second-order valence-electron chi connectivity index (χ2n) is 9.58. The number of imidazole rings is 1. The molecule has 1 aromatic carbocycles. The topological polar surface area (TPSA) is 147 Å². The zero-order valence-corrected chi connectivity index (χ0v) is 20.0. The van der Waals surface area contributed by atoms with Crippen LogP contribution in [0.4, 0.5) is 5.82 Å². The summed E-state index contributed by atoms with van der Waals surface area (Å²) >= 11 is 0. The third kappa shape index (κ3) is 3.73. The van der Waals surface area contributed by atoms with Gasteiger partial charge in [-0.05, 0) is 38.9 Å². The van der Waals surface area contributed by atoms with Gasteiger partial charge in [-0.25, -0.2) is 15.0 Å². The maximum Gasteiger partial charge on any atom is 0.261 e. The number of amides is 2. The van der Waals surface area contributed by atoms with Crippen LogP contribution in [0, 0.1) is 0 Å². The predicted molar refractivity (Wildman–Crippen MR) is 127 cm³/mol. The van der Waals surface area contributed by atoms with E-state index in [1.165, 1.54) is 11.2 Å². The monoisotopic (exact) mass is 493 g/mol. The molecule has 3 aromatic rings. The number of hydrogen-bond acceptors (Lipinski definition) is 10. The van der Waals surface area contributed by atoms with Crippen LogP contribution in [0.2, 0.25) is 0 Å². The van der Waals surface area contributed by atoms with Crippen molar-refractivity contribution in [2.75, 3.05) is 25.4 Å². The number of carbonyl (C=O) groups is 2. The van der Waals surface area contributed by atoms with Crippen LogP contribution >= 0.6 is 0 Å². The molecule has 3 aliphatic rings. The average Bonchev–Trinajstić information content (AvgIpc) is 3.57. The zero-order chi connectivity index (χ0) is 25.0. The molecular formula is C24H27N7O5. The van der Waals surface area contributed by atoms with Gasteiger partial charge in [0.05, 0.1) is 17.5 Å². The lowest BCUT2D eigenvalue weighted by Gasteiger charge is -2.25. The van der Waals surface area contributed by atoms with E-state index in [1.54, 1.807) is 35.2 Å². The van der Waals surface area contributed by atoms with Gasteiger partial charge in [0, 0.05) is 13.1 Å². The van der Waals surface area contributed by atoms with Gasteiger partial charge in [0.2, 0.25) is 0 Å². The standard InChI is InChI=1S/C24H27N7O5/c1-24(2)35-17-15(10-26-8-5-9-30-21(32)13-6-3-4-7-14(13)22(30)33)34-23(18(17)36-24)31-12-29-16-19(25)27-11-28-20(16)31/h3-4,6-7,11-12,15,17-18,23,26H,5,8-10H2,1-2H3,(H2,25,27,28). The summed E-state index contributed by atoms with van der Waals surface area (Å²) in [4.78, 5) is 39.1. The molecule has 2 amide bonds. The van der Waals surface area contributed by atoms with Gasteiger partial charge in [0.15, 0.2) is 23.5 Å². The third-order valence-electron chi connectivity index (χ3n) is 6.75. The minimum atomic E-state index is -0.758. The molecule has 0 aliphatic carbocycles. The van der Waals surface area contributed by atoms with E-state index in [-0.39, 0.29) is 30.1 Å². The molecule has 5 heterocycles. The van der Waals surface area contributed by atoms with Crippen LogP contribution in [0.1, 0.15) is 47.2 Å². The molecule has 36 heavy (non-hydrogen) atoms. The van der Waals surface area contributed by atoms with Crippen LogP contribution in [0.15, 0.2) is 36.9 Å². The number of nitrogen functional groups attached to an aromatic ring is 1. The molecule has 12 nitrogen and oxygen atoms in total. The van der Waals surface area contributed by atoms with Crippen LogP contribution in [-0.4, -0.2) is 80.0 Å². The van der Waals surface area contributed by atoms with E-state index >= 15 is 0 Å². The molecule has 0 saturated carbocycles. The van der Waals surface area contributed by atoms with E-state index in [0.29, 0.717) is 54.2 Å². The van der Waals surface area contributed by atoms with Crippen molar-refractivity contribution in [3.05, 3.63) is 48.0 Å². The van der Waals surface area contributed by atoms with Gasteiger partial charge in [-0.3, -0.25) is 19.1 Å². The summed E-state index contributed by atoms with van der Waals surface area (Å²) in [6.07, 6.45) is 2.18. The highest BCUT2D eigenvalue weighted by molar-refractivity contribution is 6.21. The van der Waals surface area contributed by atoms with Crippen LogP contribution in [0.25, 0.3) is 11.2 Å². The lowest BCUT2D eigenvalue weighted by Crippen LogP contribution is -2.39. The summed E-state index contributed by atoms with van der Waals surface area (Å²) in [5, 5.41) is 3.37. The normalized spacial score (nSPS) is 26.7. The first-order valence-electron chi connectivity index (χ1n) is 11.9. The molecule has 188 valence electrons. The first-order valence-corrected chi connectivity index (χ1v) is 11.9. The number of aromatic nitrogens is 4. The van der Waals surface area contributed by atoms with Crippen molar-refractivity contribution in [2.45, 2.75) is 50.6 Å². The number of imide groups is 1. The molecule has 4 unspecified atom stereocenters. The molecule has 2 fully saturated rings. The van der Waals surface area contributed by atoms with Gasteiger partial charge in [-0.15, -0.1) is 0 Å². The lowest BCUT2D eigenvalue weighted by atomic mass is 10.1. The molecule has 3 N–H and O–H groups in total. The molecule has 2 aromatic heterocycles. The highest BCUT2D eigenvalue weighted by Crippen LogP contribution is 2.43. The summed E-state index contributed by atoms with van der Waals surface area (Å²) in [6, 6.07) is 6.91. The first-order chi connectivity index (χ1) is 17.3. The number of fused-ring (bicyclic) bond motifs is 3. The minimum absolute atomic E-state index is 0.240.